The molecule has 154 valence electrons. The van der Waals surface area contributed by atoms with Crippen LogP contribution in [0.2, 0.25) is 0 Å². The maximum absolute atomic E-state index is 13.1. The van der Waals surface area contributed by atoms with Gasteiger partial charge in [-0.05, 0) is 25.5 Å². The normalized spacial score (nSPS) is 11.1. The lowest BCUT2D eigenvalue weighted by Crippen LogP contribution is -2.34. The van der Waals surface area contributed by atoms with Gasteiger partial charge < -0.3 is 9.73 Å². The van der Waals surface area contributed by atoms with Crippen molar-refractivity contribution in [2.75, 3.05) is 6.54 Å². The molecule has 9 heteroatoms. The molecule has 0 aliphatic heterocycles. The van der Waals surface area contributed by atoms with Crippen molar-refractivity contribution in [1.29, 1.82) is 0 Å². The minimum atomic E-state index is -0.630. The van der Waals surface area contributed by atoms with Gasteiger partial charge in [-0.2, -0.15) is 0 Å². The van der Waals surface area contributed by atoms with Gasteiger partial charge in [0.15, 0.2) is 0 Å². The van der Waals surface area contributed by atoms with Crippen molar-refractivity contribution >= 4 is 28.3 Å². The van der Waals surface area contributed by atoms with Crippen molar-refractivity contribution in [2.24, 2.45) is 0 Å². The molecule has 2 N–H and O–H groups in total. The van der Waals surface area contributed by atoms with E-state index in [0.717, 1.165) is 21.7 Å². The molecule has 0 spiro atoms. The van der Waals surface area contributed by atoms with Gasteiger partial charge in [0.05, 0.1) is 22.0 Å². The molecule has 0 saturated heterocycles. The molecule has 0 bridgehead atoms. The number of carbonyl (C=O) groups excluding carboxylic acids is 1. The lowest BCUT2D eigenvalue weighted by atomic mass is 10.1. The summed E-state index contributed by atoms with van der Waals surface area (Å²) < 4.78 is 6.51. The Balaban J connectivity index is 1.66. The standard InChI is InChI=1S/C21H20N4O4S/c1-3-15-23-13(11-30-15)9-10-22-18(26)16-12(2)29-19-17(16)20(27)25(21(28)24-19)14-7-5-4-6-8-14/h4-8,11H,3,9-10H2,1-2H3,(H,22,26)(H,24,28). The average Bonchev–Trinajstić information content (AvgIpc) is 3.32. The molecule has 8 nitrogen and oxygen atoms in total. The number of H-pyrrole nitrogens is 1. The molecule has 0 saturated carbocycles. The van der Waals surface area contributed by atoms with Crippen LogP contribution in [0.25, 0.3) is 16.8 Å². The summed E-state index contributed by atoms with van der Waals surface area (Å²) in [5.41, 5.74) is 0.215. The first-order valence-electron chi connectivity index (χ1n) is 9.55. The van der Waals surface area contributed by atoms with E-state index in [2.05, 4.69) is 15.3 Å². The number of para-hydroxylation sites is 1. The first-order valence-corrected chi connectivity index (χ1v) is 10.4. The molecule has 0 unspecified atom stereocenters. The van der Waals surface area contributed by atoms with Gasteiger partial charge >= 0.3 is 5.69 Å². The number of aromatic nitrogens is 3. The summed E-state index contributed by atoms with van der Waals surface area (Å²) in [6, 6.07) is 8.53. The van der Waals surface area contributed by atoms with Crippen LogP contribution in [0.4, 0.5) is 0 Å². The molecule has 30 heavy (non-hydrogen) atoms. The zero-order chi connectivity index (χ0) is 21.3. The molecule has 0 radical (unpaired) electrons. The van der Waals surface area contributed by atoms with E-state index in [-0.39, 0.29) is 22.4 Å². The number of benzene rings is 1. The quantitative estimate of drug-likeness (QED) is 0.494. The minimum absolute atomic E-state index is 0.00748. The number of hydrogen-bond donors (Lipinski definition) is 2. The van der Waals surface area contributed by atoms with Crippen molar-refractivity contribution in [3.8, 4) is 5.69 Å². The lowest BCUT2D eigenvalue weighted by Gasteiger charge is -2.06. The number of carbonyl (C=O) groups is 1. The fraction of sp³-hybridized carbons (Fsp3) is 0.238. The lowest BCUT2D eigenvalue weighted by molar-refractivity contribution is 0.0954. The zero-order valence-electron chi connectivity index (χ0n) is 16.5. The van der Waals surface area contributed by atoms with Crippen molar-refractivity contribution in [1.82, 2.24) is 19.9 Å². The predicted molar refractivity (Wildman–Crippen MR) is 115 cm³/mol. The number of aryl methyl sites for hydroxylation is 2. The summed E-state index contributed by atoms with van der Waals surface area (Å²) in [6.07, 6.45) is 1.46. The number of thiazole rings is 1. The van der Waals surface area contributed by atoms with Gasteiger partial charge in [0.2, 0.25) is 5.71 Å². The van der Waals surface area contributed by atoms with Gasteiger partial charge in [-0.1, -0.05) is 25.1 Å². The Hall–Kier alpha value is -3.46. The van der Waals surface area contributed by atoms with Gasteiger partial charge in [-0.25, -0.2) is 14.3 Å². The molecule has 3 heterocycles. The van der Waals surface area contributed by atoms with Gasteiger partial charge in [-0.15, -0.1) is 11.3 Å². The van der Waals surface area contributed by atoms with Gasteiger partial charge in [-0.3, -0.25) is 14.6 Å². The van der Waals surface area contributed by atoms with Crippen LogP contribution in [0.5, 0.6) is 0 Å². The number of furan rings is 1. The van der Waals surface area contributed by atoms with Crippen LogP contribution in [0.1, 0.15) is 33.7 Å². The van der Waals surface area contributed by atoms with Crippen LogP contribution in [-0.4, -0.2) is 27.0 Å². The van der Waals surface area contributed by atoms with E-state index < -0.39 is 17.2 Å². The third-order valence-corrected chi connectivity index (χ3v) is 5.78. The van der Waals surface area contributed by atoms with E-state index in [1.165, 1.54) is 0 Å². The largest absolute Gasteiger partial charge is 0.444 e. The van der Waals surface area contributed by atoms with Crippen LogP contribution < -0.4 is 16.6 Å². The maximum atomic E-state index is 13.1. The van der Waals surface area contributed by atoms with Crippen LogP contribution >= 0.6 is 11.3 Å². The second-order valence-electron chi connectivity index (χ2n) is 6.74. The Labute approximate surface area is 175 Å². The molecule has 0 aliphatic carbocycles. The molecule has 1 amide bonds. The summed E-state index contributed by atoms with van der Waals surface area (Å²) in [6.45, 7) is 4.01. The Morgan fingerprint density at radius 2 is 2.03 bits per heavy atom. The van der Waals surface area contributed by atoms with E-state index in [9.17, 15) is 14.4 Å². The topological polar surface area (TPSA) is 110 Å². The van der Waals surface area contributed by atoms with Gasteiger partial charge in [0, 0.05) is 18.3 Å². The van der Waals surface area contributed by atoms with E-state index in [0.29, 0.717) is 18.7 Å². The third kappa shape index (κ3) is 3.59. The summed E-state index contributed by atoms with van der Waals surface area (Å²) >= 11 is 1.60. The monoisotopic (exact) mass is 424 g/mol. The first-order chi connectivity index (χ1) is 14.5. The maximum Gasteiger partial charge on any atom is 0.335 e. The van der Waals surface area contributed by atoms with E-state index in [1.54, 1.807) is 48.6 Å². The van der Waals surface area contributed by atoms with E-state index in [1.807, 2.05) is 12.3 Å². The van der Waals surface area contributed by atoms with Crippen LogP contribution in [0, 0.1) is 6.92 Å². The van der Waals surface area contributed by atoms with Crippen molar-refractivity contribution < 1.29 is 9.21 Å². The summed E-state index contributed by atoms with van der Waals surface area (Å²) in [5.74, 6) is -0.163. The highest BCUT2D eigenvalue weighted by Gasteiger charge is 2.24. The number of amides is 1. The molecule has 4 rings (SSSR count). The first kappa shape index (κ1) is 19.8. The molecular formula is C21H20N4O4S. The average molecular weight is 424 g/mol. The number of aromatic amines is 1. The number of nitrogens with zero attached hydrogens (tertiary/aromatic N) is 2. The third-order valence-electron chi connectivity index (χ3n) is 4.73. The SMILES string of the molecule is CCc1nc(CCNC(=O)c2c(C)oc3[nH]c(=O)n(-c4ccccc4)c(=O)c23)cs1. The van der Waals surface area contributed by atoms with Gasteiger partial charge in [0.25, 0.3) is 11.5 Å². The van der Waals surface area contributed by atoms with Gasteiger partial charge in [0.1, 0.15) is 11.1 Å². The Bertz CT molecular complexity index is 1330. The zero-order valence-corrected chi connectivity index (χ0v) is 17.3. The highest BCUT2D eigenvalue weighted by atomic mass is 32.1. The molecule has 0 fully saturated rings. The van der Waals surface area contributed by atoms with E-state index in [4.69, 9.17) is 4.42 Å². The fourth-order valence-electron chi connectivity index (χ4n) is 3.30. The predicted octanol–water partition coefficient (Wildman–Crippen LogP) is 2.57. The highest BCUT2D eigenvalue weighted by Crippen LogP contribution is 2.20. The van der Waals surface area contributed by atoms with Crippen molar-refractivity contribution in [3.63, 3.8) is 0 Å². The Morgan fingerprint density at radius 1 is 1.27 bits per heavy atom. The second kappa shape index (κ2) is 8.11. The number of nitrogens with one attached hydrogen (secondary N) is 2. The van der Waals surface area contributed by atoms with Crippen LogP contribution in [-0.2, 0) is 12.8 Å². The Kier molecular flexibility index (Phi) is 5.37. The minimum Gasteiger partial charge on any atom is -0.444 e. The fourth-order valence-corrected chi connectivity index (χ4v) is 4.08. The Morgan fingerprint density at radius 3 is 2.73 bits per heavy atom. The van der Waals surface area contributed by atoms with E-state index >= 15 is 0 Å². The highest BCUT2D eigenvalue weighted by molar-refractivity contribution is 7.09. The molecule has 3 aromatic heterocycles. The van der Waals surface area contributed by atoms with Crippen molar-refractivity contribution in [2.45, 2.75) is 26.7 Å². The number of hydrogen-bond acceptors (Lipinski definition) is 6. The molecule has 4 aromatic rings. The van der Waals surface area contributed by atoms with Crippen LogP contribution in [0.15, 0.2) is 49.7 Å². The number of fused-ring (bicyclic) bond motifs is 1. The molecule has 0 atom stereocenters. The second-order valence-corrected chi connectivity index (χ2v) is 7.68. The summed E-state index contributed by atoms with van der Waals surface area (Å²) in [4.78, 5) is 45.4. The molecular weight excluding hydrogens is 404 g/mol. The van der Waals surface area contributed by atoms with Crippen molar-refractivity contribution in [3.05, 3.63) is 78.6 Å². The molecule has 1 aromatic carbocycles. The summed E-state index contributed by atoms with van der Waals surface area (Å²) in [5, 5.41) is 5.90. The molecule has 0 aliphatic rings. The number of rotatable bonds is 6. The summed E-state index contributed by atoms with van der Waals surface area (Å²) in [7, 11) is 0. The van der Waals surface area contributed by atoms with Crippen LogP contribution in [0.3, 0.4) is 0 Å². The smallest absolute Gasteiger partial charge is 0.335 e.